The Labute approximate surface area is 324 Å². The van der Waals surface area contributed by atoms with Crippen molar-refractivity contribution < 1.29 is 27.6 Å². The fourth-order valence-electron chi connectivity index (χ4n) is 5.17. The molecule has 56 heavy (non-hydrogen) atoms. The van der Waals surface area contributed by atoms with E-state index in [4.69, 9.17) is 21.6 Å². The second-order valence-corrected chi connectivity index (χ2v) is 12.0. The molecule has 0 radical (unpaired) electrons. The smallest absolute Gasteiger partial charge is 0.423 e. The summed E-state index contributed by atoms with van der Waals surface area (Å²) in [7, 11) is -2.10. The minimum Gasteiger partial charge on any atom is -0.423 e. The van der Waals surface area contributed by atoms with E-state index in [-0.39, 0.29) is 16.7 Å². The van der Waals surface area contributed by atoms with Crippen LogP contribution in [0.5, 0.6) is 0 Å². The Balaban J connectivity index is 0.000000155. The predicted octanol–water partition coefficient (Wildman–Crippen LogP) is 8.65. The summed E-state index contributed by atoms with van der Waals surface area (Å²) >= 11 is 5.99. The minimum absolute atomic E-state index is 0.0340. The number of benzene rings is 6. The molecule has 0 aliphatic rings. The van der Waals surface area contributed by atoms with Gasteiger partial charge in [0.15, 0.2) is 29.1 Å². The average Bonchev–Trinajstić information content (AvgIpc) is 3.22. The van der Waals surface area contributed by atoms with E-state index >= 15 is 0 Å². The molecular weight excluding hydrogens is 743 g/mol. The lowest BCUT2D eigenvalue weighted by Crippen LogP contribution is -2.35. The molecule has 6 aromatic carbocycles. The first-order valence-corrected chi connectivity index (χ1v) is 17.2. The summed E-state index contributed by atoms with van der Waals surface area (Å²) in [5, 5.41) is 17.1. The van der Waals surface area contributed by atoms with Crippen LogP contribution in [0.15, 0.2) is 158 Å². The molecule has 276 valence electrons. The molecule has 14 heteroatoms. The second kappa shape index (κ2) is 18.6. The lowest BCUT2D eigenvalue weighted by atomic mass is 9.79. The molecule has 0 fully saturated rings. The van der Waals surface area contributed by atoms with Crippen molar-refractivity contribution in [3.8, 4) is 56.9 Å². The quantitative estimate of drug-likeness (QED) is 0.128. The zero-order valence-electron chi connectivity index (χ0n) is 29.1. The zero-order valence-corrected chi connectivity index (χ0v) is 29.8. The number of nitrogens with zero attached hydrogens (tertiary/aromatic N) is 6. The van der Waals surface area contributed by atoms with Crippen LogP contribution < -0.4 is 5.46 Å². The Bertz CT molecular complexity index is 2370. The van der Waals surface area contributed by atoms with Crippen LogP contribution >= 0.6 is 11.6 Å². The Morgan fingerprint density at radius 1 is 0.357 bits per heavy atom. The standard InChI is InChI=1S/C21H13F2N3.C15H10ClN3.C6H5BF2O2/c22-16-12-7-13-17(23)18(16)21-25-19(14-8-3-1-4-9-14)24-20(26-21)15-10-5-2-6-11-15;16-15-18-13(11-7-3-1-4-8-11)17-14(19-15)12-9-5-2-6-10-12;8-4-2-1-3-5(9)6(4)7(10)11/h1-13H;1-10H;1-3,10-11H. The van der Waals surface area contributed by atoms with Crippen molar-refractivity contribution in [2.75, 3.05) is 0 Å². The third-order valence-electron chi connectivity index (χ3n) is 7.82. The van der Waals surface area contributed by atoms with E-state index in [0.29, 0.717) is 23.3 Å². The molecule has 0 unspecified atom stereocenters. The summed E-state index contributed by atoms with van der Waals surface area (Å²) in [4.78, 5) is 25.9. The van der Waals surface area contributed by atoms with E-state index in [0.717, 1.165) is 40.5 Å². The van der Waals surface area contributed by atoms with Crippen molar-refractivity contribution in [2.24, 2.45) is 0 Å². The highest BCUT2D eigenvalue weighted by molar-refractivity contribution is 6.58. The van der Waals surface area contributed by atoms with Gasteiger partial charge in [0.1, 0.15) is 23.3 Å². The highest BCUT2D eigenvalue weighted by Gasteiger charge is 2.21. The fraction of sp³-hybridized carbons (Fsp3) is 0. The summed E-state index contributed by atoms with van der Waals surface area (Å²) < 4.78 is 53.6. The maximum atomic E-state index is 14.3. The molecule has 8 rings (SSSR count). The molecule has 8 nitrogen and oxygen atoms in total. The summed E-state index contributed by atoms with van der Waals surface area (Å²) in [5.41, 5.74) is 2.35. The lowest BCUT2D eigenvalue weighted by Gasteiger charge is -2.09. The molecular formula is C42H28BClF4N6O2. The van der Waals surface area contributed by atoms with Gasteiger partial charge in [-0.1, -0.05) is 133 Å². The molecule has 0 saturated heterocycles. The van der Waals surface area contributed by atoms with Crippen molar-refractivity contribution in [2.45, 2.75) is 0 Å². The first-order valence-electron chi connectivity index (χ1n) is 16.8. The SMILES string of the molecule is Clc1nc(-c2ccccc2)nc(-c2ccccc2)n1.Fc1cccc(F)c1-c1nc(-c2ccccc2)nc(-c2ccccc2)n1.OB(O)c1c(F)cccc1F. The average molecular weight is 771 g/mol. The normalized spacial score (nSPS) is 10.4. The van der Waals surface area contributed by atoms with E-state index in [9.17, 15) is 17.6 Å². The van der Waals surface area contributed by atoms with Gasteiger partial charge in [-0.3, -0.25) is 0 Å². The summed E-state index contributed by atoms with van der Waals surface area (Å²) in [6.07, 6.45) is 0. The maximum Gasteiger partial charge on any atom is 0.494 e. The van der Waals surface area contributed by atoms with Crippen LogP contribution in [0.3, 0.4) is 0 Å². The summed E-state index contributed by atoms with van der Waals surface area (Å²) in [5.74, 6) is -1.50. The van der Waals surface area contributed by atoms with Crippen molar-refractivity contribution >= 4 is 24.2 Å². The number of aromatic nitrogens is 6. The molecule has 0 amide bonds. The summed E-state index contributed by atoms with van der Waals surface area (Å²) in [6, 6.07) is 44.7. The van der Waals surface area contributed by atoms with Crippen molar-refractivity contribution in [1.29, 1.82) is 0 Å². The van der Waals surface area contributed by atoms with Crippen LogP contribution in [-0.2, 0) is 0 Å². The van der Waals surface area contributed by atoms with Gasteiger partial charge in [-0.15, -0.1) is 0 Å². The molecule has 0 aliphatic carbocycles. The topological polar surface area (TPSA) is 118 Å². The predicted molar refractivity (Wildman–Crippen MR) is 208 cm³/mol. The van der Waals surface area contributed by atoms with E-state index in [1.165, 1.54) is 18.2 Å². The van der Waals surface area contributed by atoms with Gasteiger partial charge in [-0.05, 0) is 35.9 Å². The van der Waals surface area contributed by atoms with Crippen LogP contribution in [-0.4, -0.2) is 47.1 Å². The van der Waals surface area contributed by atoms with Crippen molar-refractivity contribution in [3.05, 3.63) is 186 Å². The van der Waals surface area contributed by atoms with E-state index in [1.54, 1.807) is 0 Å². The van der Waals surface area contributed by atoms with Crippen molar-refractivity contribution in [1.82, 2.24) is 29.9 Å². The van der Waals surface area contributed by atoms with Gasteiger partial charge in [0.2, 0.25) is 5.28 Å². The number of rotatable bonds is 6. The second-order valence-electron chi connectivity index (χ2n) is 11.6. The Hall–Kier alpha value is -6.67. The highest BCUT2D eigenvalue weighted by atomic mass is 35.5. The van der Waals surface area contributed by atoms with E-state index < -0.39 is 35.9 Å². The fourth-order valence-corrected chi connectivity index (χ4v) is 5.33. The monoisotopic (exact) mass is 770 g/mol. The van der Waals surface area contributed by atoms with Gasteiger partial charge >= 0.3 is 7.12 Å². The van der Waals surface area contributed by atoms with Gasteiger partial charge in [-0.2, -0.15) is 9.97 Å². The third-order valence-corrected chi connectivity index (χ3v) is 7.98. The lowest BCUT2D eigenvalue weighted by molar-refractivity contribution is 0.419. The minimum atomic E-state index is -2.10. The van der Waals surface area contributed by atoms with Crippen LogP contribution in [0.4, 0.5) is 17.6 Å². The first kappa shape index (κ1) is 39.0. The molecule has 0 aliphatic heterocycles. The van der Waals surface area contributed by atoms with Gasteiger partial charge in [0.25, 0.3) is 0 Å². The molecule has 8 aromatic rings. The molecule has 2 heterocycles. The Morgan fingerprint density at radius 2 is 0.643 bits per heavy atom. The van der Waals surface area contributed by atoms with Crippen LogP contribution in [0.25, 0.3) is 56.9 Å². The number of halogens is 5. The molecule has 0 atom stereocenters. The third kappa shape index (κ3) is 9.90. The van der Waals surface area contributed by atoms with Crippen LogP contribution in [0.2, 0.25) is 5.28 Å². The molecule has 2 N–H and O–H groups in total. The molecule has 0 saturated carbocycles. The van der Waals surface area contributed by atoms with Crippen LogP contribution in [0.1, 0.15) is 0 Å². The Kier molecular flexibility index (Phi) is 13.0. The molecule has 0 bridgehead atoms. The molecule has 0 spiro atoms. The molecule has 2 aromatic heterocycles. The zero-order chi connectivity index (χ0) is 39.4. The maximum absolute atomic E-state index is 14.3. The van der Waals surface area contributed by atoms with Crippen molar-refractivity contribution in [3.63, 3.8) is 0 Å². The number of hydrogen-bond acceptors (Lipinski definition) is 8. The van der Waals surface area contributed by atoms with E-state index in [1.807, 2.05) is 121 Å². The van der Waals surface area contributed by atoms with E-state index in [2.05, 4.69) is 29.9 Å². The Morgan fingerprint density at radius 3 is 0.946 bits per heavy atom. The van der Waals surface area contributed by atoms with Gasteiger partial charge in [0.05, 0.1) is 11.0 Å². The van der Waals surface area contributed by atoms with Crippen LogP contribution in [0, 0.1) is 23.3 Å². The first-order chi connectivity index (χ1) is 27.2. The van der Waals surface area contributed by atoms with Gasteiger partial charge in [-0.25, -0.2) is 37.5 Å². The summed E-state index contributed by atoms with van der Waals surface area (Å²) in [6.45, 7) is 0. The highest BCUT2D eigenvalue weighted by Crippen LogP contribution is 2.28. The van der Waals surface area contributed by atoms with Gasteiger partial charge < -0.3 is 10.0 Å². The largest absolute Gasteiger partial charge is 0.494 e. The van der Waals surface area contributed by atoms with Gasteiger partial charge in [0, 0.05) is 22.3 Å². The number of hydrogen-bond donors (Lipinski definition) is 2.